The van der Waals surface area contributed by atoms with Gasteiger partial charge in [0.25, 0.3) is 0 Å². The summed E-state index contributed by atoms with van der Waals surface area (Å²) in [5.74, 6) is 0.252. The van der Waals surface area contributed by atoms with E-state index in [1.807, 2.05) is 12.4 Å². The van der Waals surface area contributed by atoms with Gasteiger partial charge in [-0.15, -0.1) is 0 Å². The summed E-state index contributed by atoms with van der Waals surface area (Å²) in [4.78, 5) is 3.11. The summed E-state index contributed by atoms with van der Waals surface area (Å²) in [6.45, 7) is 0.617. The Bertz CT molecular complexity index is 649. The van der Waals surface area contributed by atoms with Crippen molar-refractivity contribution < 1.29 is 0 Å². The standard InChI is InChI=1S/C15H17N3/c1-18-10-14(12-4-2-3-5-15(12)18)13(8-16)11-6-7-17-9-11/h2-7,9-10,13,17H,8,16H2,1H3. The maximum Gasteiger partial charge on any atom is 0.0480 e. The Labute approximate surface area is 106 Å². The quantitative estimate of drug-likeness (QED) is 0.725. The second-order valence-electron chi connectivity index (χ2n) is 4.65. The number of aromatic nitrogens is 2. The van der Waals surface area contributed by atoms with Gasteiger partial charge in [-0.1, -0.05) is 18.2 Å². The molecule has 3 heteroatoms. The first-order valence-corrected chi connectivity index (χ1v) is 6.18. The highest BCUT2D eigenvalue weighted by Gasteiger charge is 2.17. The van der Waals surface area contributed by atoms with Gasteiger partial charge in [-0.2, -0.15) is 0 Å². The molecule has 1 unspecified atom stereocenters. The van der Waals surface area contributed by atoms with E-state index in [4.69, 9.17) is 5.73 Å². The monoisotopic (exact) mass is 239 g/mol. The first kappa shape index (κ1) is 11.1. The largest absolute Gasteiger partial charge is 0.367 e. The summed E-state index contributed by atoms with van der Waals surface area (Å²) in [6.07, 6.45) is 6.16. The van der Waals surface area contributed by atoms with E-state index in [1.165, 1.54) is 22.0 Å². The normalized spacial score (nSPS) is 13.0. The zero-order valence-corrected chi connectivity index (χ0v) is 10.4. The highest BCUT2D eigenvalue weighted by molar-refractivity contribution is 5.85. The van der Waals surface area contributed by atoms with Gasteiger partial charge in [-0.3, -0.25) is 0 Å². The smallest absolute Gasteiger partial charge is 0.0480 e. The number of nitrogens with zero attached hydrogens (tertiary/aromatic N) is 1. The molecule has 0 bridgehead atoms. The van der Waals surface area contributed by atoms with E-state index in [9.17, 15) is 0 Å². The van der Waals surface area contributed by atoms with Crippen molar-refractivity contribution in [3.05, 3.63) is 60.0 Å². The fourth-order valence-corrected chi connectivity index (χ4v) is 2.65. The van der Waals surface area contributed by atoms with Crippen molar-refractivity contribution in [3.8, 4) is 0 Å². The number of hydrogen-bond donors (Lipinski definition) is 2. The van der Waals surface area contributed by atoms with Crippen LogP contribution in [-0.4, -0.2) is 16.1 Å². The van der Waals surface area contributed by atoms with E-state index < -0.39 is 0 Å². The van der Waals surface area contributed by atoms with Crippen LogP contribution in [0.4, 0.5) is 0 Å². The molecule has 0 spiro atoms. The van der Waals surface area contributed by atoms with Crippen LogP contribution in [0.25, 0.3) is 10.9 Å². The number of benzene rings is 1. The van der Waals surface area contributed by atoms with E-state index in [2.05, 4.69) is 53.1 Å². The number of aryl methyl sites for hydroxylation is 1. The molecule has 0 fully saturated rings. The molecule has 0 aliphatic carbocycles. The lowest BCUT2D eigenvalue weighted by molar-refractivity contribution is 0.817. The number of fused-ring (bicyclic) bond motifs is 1. The van der Waals surface area contributed by atoms with Crippen LogP contribution in [-0.2, 0) is 7.05 Å². The molecule has 0 aliphatic heterocycles. The predicted molar refractivity (Wildman–Crippen MR) is 74.6 cm³/mol. The van der Waals surface area contributed by atoms with E-state index in [0.717, 1.165) is 0 Å². The number of para-hydroxylation sites is 1. The Hall–Kier alpha value is -2.00. The predicted octanol–water partition coefficient (Wildman–Crippen LogP) is 2.60. The molecule has 0 saturated carbocycles. The van der Waals surface area contributed by atoms with Gasteiger partial charge in [0.15, 0.2) is 0 Å². The third-order valence-electron chi connectivity index (χ3n) is 3.56. The lowest BCUT2D eigenvalue weighted by atomic mass is 9.93. The van der Waals surface area contributed by atoms with Crippen LogP contribution >= 0.6 is 0 Å². The summed E-state index contributed by atoms with van der Waals surface area (Å²) in [5.41, 5.74) is 9.77. The summed E-state index contributed by atoms with van der Waals surface area (Å²) in [6, 6.07) is 10.6. The second kappa shape index (κ2) is 4.35. The summed E-state index contributed by atoms with van der Waals surface area (Å²) in [5, 5.41) is 1.29. The average Bonchev–Trinajstić information content (AvgIpc) is 3.01. The molecule has 3 rings (SSSR count). The molecule has 0 aliphatic rings. The second-order valence-corrected chi connectivity index (χ2v) is 4.65. The van der Waals surface area contributed by atoms with Crippen LogP contribution in [0.5, 0.6) is 0 Å². The molecule has 3 N–H and O–H groups in total. The van der Waals surface area contributed by atoms with Crippen molar-refractivity contribution in [2.75, 3.05) is 6.54 Å². The van der Waals surface area contributed by atoms with Gasteiger partial charge in [-0.05, 0) is 23.3 Å². The van der Waals surface area contributed by atoms with Crippen LogP contribution in [0.3, 0.4) is 0 Å². The van der Waals surface area contributed by atoms with Crippen molar-refractivity contribution in [2.45, 2.75) is 5.92 Å². The molecular formula is C15H17N3. The molecule has 92 valence electrons. The first-order chi connectivity index (χ1) is 8.81. The van der Waals surface area contributed by atoms with Crippen LogP contribution in [0.15, 0.2) is 48.9 Å². The van der Waals surface area contributed by atoms with Crippen molar-refractivity contribution in [3.63, 3.8) is 0 Å². The van der Waals surface area contributed by atoms with Gasteiger partial charge in [0.2, 0.25) is 0 Å². The Morgan fingerprint density at radius 3 is 2.83 bits per heavy atom. The molecule has 2 aromatic heterocycles. The number of nitrogens with two attached hydrogens (primary N) is 1. The van der Waals surface area contributed by atoms with Crippen LogP contribution < -0.4 is 5.73 Å². The van der Waals surface area contributed by atoms with Crippen LogP contribution in [0.1, 0.15) is 17.0 Å². The number of rotatable bonds is 3. The minimum Gasteiger partial charge on any atom is -0.367 e. The number of aromatic amines is 1. The first-order valence-electron chi connectivity index (χ1n) is 6.18. The maximum atomic E-state index is 5.97. The Morgan fingerprint density at radius 2 is 2.11 bits per heavy atom. The zero-order chi connectivity index (χ0) is 12.5. The maximum absolute atomic E-state index is 5.97. The number of nitrogens with one attached hydrogen (secondary N) is 1. The van der Waals surface area contributed by atoms with Crippen LogP contribution in [0, 0.1) is 0 Å². The molecule has 1 aromatic carbocycles. The molecule has 3 aromatic rings. The topological polar surface area (TPSA) is 46.7 Å². The Morgan fingerprint density at radius 1 is 1.28 bits per heavy atom. The molecule has 1 atom stereocenters. The van der Waals surface area contributed by atoms with Crippen molar-refractivity contribution in [1.29, 1.82) is 0 Å². The summed E-state index contributed by atoms with van der Waals surface area (Å²) in [7, 11) is 2.08. The molecule has 0 saturated heterocycles. The van der Waals surface area contributed by atoms with Gasteiger partial charge < -0.3 is 15.3 Å². The average molecular weight is 239 g/mol. The van der Waals surface area contributed by atoms with Gasteiger partial charge >= 0.3 is 0 Å². The van der Waals surface area contributed by atoms with Crippen LogP contribution in [0.2, 0.25) is 0 Å². The van der Waals surface area contributed by atoms with Crippen molar-refractivity contribution in [1.82, 2.24) is 9.55 Å². The van der Waals surface area contributed by atoms with E-state index >= 15 is 0 Å². The molecule has 3 nitrogen and oxygen atoms in total. The van der Waals surface area contributed by atoms with Gasteiger partial charge in [-0.25, -0.2) is 0 Å². The Kier molecular flexibility index (Phi) is 2.68. The van der Waals surface area contributed by atoms with Gasteiger partial charge in [0.05, 0.1) is 0 Å². The lowest BCUT2D eigenvalue weighted by Crippen LogP contribution is -2.12. The van der Waals surface area contributed by atoms with E-state index in [1.54, 1.807) is 0 Å². The minimum atomic E-state index is 0.252. The van der Waals surface area contributed by atoms with Crippen molar-refractivity contribution >= 4 is 10.9 Å². The molecule has 2 heterocycles. The molecule has 0 amide bonds. The summed E-state index contributed by atoms with van der Waals surface area (Å²) < 4.78 is 2.17. The highest BCUT2D eigenvalue weighted by atomic mass is 14.9. The Balaban J connectivity index is 2.19. The molecule has 18 heavy (non-hydrogen) atoms. The van der Waals surface area contributed by atoms with E-state index in [-0.39, 0.29) is 5.92 Å². The third kappa shape index (κ3) is 1.64. The van der Waals surface area contributed by atoms with E-state index in [0.29, 0.717) is 6.54 Å². The highest BCUT2D eigenvalue weighted by Crippen LogP contribution is 2.31. The van der Waals surface area contributed by atoms with Gasteiger partial charge in [0.1, 0.15) is 0 Å². The fraction of sp³-hybridized carbons (Fsp3) is 0.200. The summed E-state index contributed by atoms with van der Waals surface area (Å²) >= 11 is 0. The fourth-order valence-electron chi connectivity index (χ4n) is 2.65. The lowest BCUT2D eigenvalue weighted by Gasteiger charge is -2.12. The molecule has 0 radical (unpaired) electrons. The molecular weight excluding hydrogens is 222 g/mol. The third-order valence-corrected chi connectivity index (χ3v) is 3.56. The SMILES string of the molecule is Cn1cc(C(CN)c2cc[nH]c2)c2ccccc21. The zero-order valence-electron chi connectivity index (χ0n) is 10.4. The van der Waals surface area contributed by atoms with Gasteiger partial charge in [0, 0.05) is 49.0 Å². The number of hydrogen-bond acceptors (Lipinski definition) is 1. The minimum absolute atomic E-state index is 0.252. The number of H-pyrrole nitrogens is 1. The van der Waals surface area contributed by atoms with Crippen molar-refractivity contribution in [2.24, 2.45) is 12.8 Å².